The van der Waals surface area contributed by atoms with Gasteiger partial charge >= 0.3 is 0 Å². The molecule has 1 N–H and O–H groups in total. The number of rotatable bonds is 4. The average Bonchev–Trinajstić information content (AvgIpc) is 2.60. The molecule has 0 aliphatic heterocycles. The third kappa shape index (κ3) is 3.46. The predicted octanol–water partition coefficient (Wildman–Crippen LogP) is 5.81. The first kappa shape index (κ1) is 18.4. The number of aromatic hydroxyl groups is 1. The minimum Gasteiger partial charge on any atom is -0.507 e. The van der Waals surface area contributed by atoms with Gasteiger partial charge in [0.1, 0.15) is 5.75 Å². The van der Waals surface area contributed by atoms with Crippen molar-refractivity contribution in [2.75, 3.05) is 0 Å². The van der Waals surface area contributed by atoms with Crippen LogP contribution in [0, 0.1) is 0 Å². The Kier molecular flexibility index (Phi) is 4.79. The van der Waals surface area contributed by atoms with Gasteiger partial charge < -0.3 is 5.11 Å². The monoisotopic (exact) mass is 348 g/mol. The second-order valence-corrected chi connectivity index (χ2v) is 8.70. The Morgan fingerprint density at radius 2 is 1.92 bits per heavy atom. The number of carbonyl (C=O) groups is 1. The summed E-state index contributed by atoms with van der Waals surface area (Å²) in [4.78, 5) is 11.4. The van der Waals surface area contributed by atoms with Crippen LogP contribution in [0.4, 0.5) is 0 Å². The molecule has 0 amide bonds. The van der Waals surface area contributed by atoms with Crippen LogP contribution in [-0.4, -0.2) is 11.4 Å². The number of carbonyl (C=O) groups excluding carboxylic acids is 1. The average molecular weight is 348 g/mol. The molecule has 0 bridgehead atoms. The highest BCUT2D eigenvalue weighted by Gasteiger charge is 2.30. The van der Waals surface area contributed by atoms with Crippen molar-refractivity contribution in [1.29, 1.82) is 0 Å². The van der Waals surface area contributed by atoms with Crippen LogP contribution in [0.25, 0.3) is 6.08 Å². The normalized spacial score (nSPS) is 19.2. The minimum atomic E-state index is -0.0652. The van der Waals surface area contributed by atoms with E-state index < -0.39 is 0 Å². The van der Waals surface area contributed by atoms with Crippen LogP contribution in [0.3, 0.4) is 0 Å². The first-order chi connectivity index (χ1) is 12.2. The molecule has 2 heteroatoms. The van der Waals surface area contributed by atoms with Crippen LogP contribution in [0.2, 0.25) is 0 Å². The number of hydrogen-bond acceptors (Lipinski definition) is 2. The fraction of sp³-hybridized carbons (Fsp3) is 0.375. The highest BCUT2D eigenvalue weighted by atomic mass is 16.3. The standard InChI is InChI=1S/C24H28O2/c1-23(2,3)20-14-18(22(26)19(15-20)16-25)11-13-24(4)12-7-9-17-8-5-6-10-21(17)24/h5-10,14-16,26H,11-13H2,1-4H3. The summed E-state index contributed by atoms with van der Waals surface area (Å²) in [5.41, 5.74) is 4.96. The summed E-state index contributed by atoms with van der Waals surface area (Å²) >= 11 is 0. The minimum absolute atomic E-state index is 0.0386. The van der Waals surface area contributed by atoms with Crippen molar-refractivity contribution in [3.63, 3.8) is 0 Å². The number of phenols is 1. The number of phenolic OH excluding ortho intramolecular Hbond substituents is 1. The van der Waals surface area contributed by atoms with Crippen molar-refractivity contribution in [3.8, 4) is 5.75 Å². The maximum atomic E-state index is 11.4. The Balaban J connectivity index is 1.93. The lowest BCUT2D eigenvalue weighted by molar-refractivity contribution is 0.112. The summed E-state index contributed by atoms with van der Waals surface area (Å²) in [7, 11) is 0. The number of benzene rings is 2. The van der Waals surface area contributed by atoms with E-state index in [0.717, 1.165) is 36.7 Å². The van der Waals surface area contributed by atoms with E-state index in [0.29, 0.717) is 5.56 Å². The summed E-state index contributed by atoms with van der Waals surface area (Å²) in [5.74, 6) is 0.135. The lowest BCUT2D eigenvalue weighted by atomic mass is 9.71. The van der Waals surface area contributed by atoms with Crippen LogP contribution in [0.5, 0.6) is 5.75 Å². The van der Waals surface area contributed by atoms with Crippen LogP contribution in [0.15, 0.2) is 42.5 Å². The van der Waals surface area contributed by atoms with Crippen LogP contribution in [0.1, 0.15) is 73.1 Å². The molecular formula is C24H28O2. The molecule has 2 nitrogen and oxygen atoms in total. The van der Waals surface area contributed by atoms with Gasteiger partial charge in [-0.05, 0) is 58.4 Å². The summed E-state index contributed by atoms with van der Waals surface area (Å²) in [6, 6.07) is 12.4. The van der Waals surface area contributed by atoms with E-state index >= 15 is 0 Å². The topological polar surface area (TPSA) is 37.3 Å². The number of allylic oxidation sites excluding steroid dienone is 1. The van der Waals surface area contributed by atoms with Gasteiger partial charge in [-0.1, -0.05) is 70.2 Å². The Morgan fingerprint density at radius 1 is 1.19 bits per heavy atom. The molecule has 26 heavy (non-hydrogen) atoms. The Hall–Kier alpha value is -2.35. The molecular weight excluding hydrogens is 320 g/mol. The summed E-state index contributed by atoms with van der Waals surface area (Å²) in [5, 5.41) is 10.5. The van der Waals surface area contributed by atoms with Gasteiger partial charge in [-0.15, -0.1) is 0 Å². The highest BCUT2D eigenvalue weighted by molar-refractivity contribution is 5.80. The summed E-state index contributed by atoms with van der Waals surface area (Å²) in [6.07, 6.45) is 7.85. The van der Waals surface area contributed by atoms with E-state index in [4.69, 9.17) is 0 Å². The fourth-order valence-corrected chi connectivity index (χ4v) is 3.83. The first-order valence-electron chi connectivity index (χ1n) is 9.32. The van der Waals surface area contributed by atoms with Crippen molar-refractivity contribution in [2.45, 2.75) is 57.8 Å². The molecule has 1 atom stereocenters. The molecule has 3 rings (SSSR count). The summed E-state index contributed by atoms with van der Waals surface area (Å²) < 4.78 is 0. The van der Waals surface area contributed by atoms with E-state index in [1.54, 1.807) is 0 Å². The molecule has 0 heterocycles. The number of aldehydes is 1. The number of aryl methyl sites for hydroxylation is 1. The van der Waals surface area contributed by atoms with Crippen molar-refractivity contribution in [2.24, 2.45) is 0 Å². The molecule has 0 saturated carbocycles. The molecule has 0 radical (unpaired) electrons. The first-order valence-corrected chi connectivity index (χ1v) is 9.32. The number of hydrogen-bond donors (Lipinski definition) is 1. The van der Waals surface area contributed by atoms with Crippen molar-refractivity contribution >= 4 is 12.4 Å². The summed E-state index contributed by atoms with van der Waals surface area (Å²) in [6.45, 7) is 8.67. The molecule has 0 fully saturated rings. The smallest absolute Gasteiger partial charge is 0.153 e. The van der Waals surface area contributed by atoms with Gasteiger partial charge in [0.25, 0.3) is 0 Å². The Labute approximate surface area is 156 Å². The largest absolute Gasteiger partial charge is 0.507 e. The van der Waals surface area contributed by atoms with E-state index in [1.807, 2.05) is 6.07 Å². The molecule has 0 saturated heterocycles. The van der Waals surface area contributed by atoms with Gasteiger partial charge in [0.05, 0.1) is 5.56 Å². The zero-order chi connectivity index (χ0) is 18.9. The molecule has 0 spiro atoms. The van der Waals surface area contributed by atoms with E-state index in [-0.39, 0.29) is 16.6 Å². The van der Waals surface area contributed by atoms with Gasteiger partial charge in [0.15, 0.2) is 6.29 Å². The van der Waals surface area contributed by atoms with Gasteiger partial charge in [-0.3, -0.25) is 4.79 Å². The third-order valence-electron chi connectivity index (χ3n) is 5.63. The van der Waals surface area contributed by atoms with E-state index in [2.05, 4.69) is 70.2 Å². The van der Waals surface area contributed by atoms with Crippen LogP contribution < -0.4 is 0 Å². The maximum Gasteiger partial charge on any atom is 0.153 e. The molecule has 136 valence electrons. The molecule has 2 aromatic carbocycles. The van der Waals surface area contributed by atoms with Gasteiger partial charge in [-0.25, -0.2) is 0 Å². The fourth-order valence-electron chi connectivity index (χ4n) is 3.83. The van der Waals surface area contributed by atoms with Crippen molar-refractivity contribution in [3.05, 3.63) is 70.3 Å². The lowest BCUT2D eigenvalue weighted by Crippen LogP contribution is -2.25. The molecule has 1 aliphatic carbocycles. The zero-order valence-electron chi connectivity index (χ0n) is 16.2. The van der Waals surface area contributed by atoms with Crippen molar-refractivity contribution < 1.29 is 9.90 Å². The van der Waals surface area contributed by atoms with Gasteiger partial charge in [-0.2, -0.15) is 0 Å². The highest BCUT2D eigenvalue weighted by Crippen LogP contribution is 2.40. The van der Waals surface area contributed by atoms with Gasteiger partial charge in [0, 0.05) is 0 Å². The maximum absolute atomic E-state index is 11.4. The Bertz CT molecular complexity index is 855. The molecule has 2 aromatic rings. The molecule has 0 aromatic heterocycles. The second kappa shape index (κ2) is 6.75. The number of fused-ring (bicyclic) bond motifs is 1. The second-order valence-electron chi connectivity index (χ2n) is 8.70. The third-order valence-corrected chi connectivity index (χ3v) is 5.63. The molecule has 1 unspecified atom stereocenters. The van der Waals surface area contributed by atoms with Crippen LogP contribution >= 0.6 is 0 Å². The van der Waals surface area contributed by atoms with E-state index in [1.165, 1.54) is 11.1 Å². The zero-order valence-corrected chi connectivity index (χ0v) is 16.2. The van der Waals surface area contributed by atoms with Crippen LogP contribution in [-0.2, 0) is 17.3 Å². The van der Waals surface area contributed by atoms with Crippen molar-refractivity contribution in [1.82, 2.24) is 0 Å². The molecule has 1 aliphatic rings. The lowest BCUT2D eigenvalue weighted by Gasteiger charge is -2.33. The Morgan fingerprint density at radius 3 is 2.62 bits per heavy atom. The van der Waals surface area contributed by atoms with E-state index in [9.17, 15) is 9.90 Å². The quantitative estimate of drug-likeness (QED) is 0.708. The predicted molar refractivity (Wildman–Crippen MR) is 108 cm³/mol. The van der Waals surface area contributed by atoms with Gasteiger partial charge in [0.2, 0.25) is 0 Å². The SMILES string of the molecule is CC(C)(C)c1cc(C=O)c(O)c(CCC2(C)CC=Cc3ccccc32)c1.